The van der Waals surface area contributed by atoms with Gasteiger partial charge in [0.15, 0.2) is 0 Å². The molecule has 1 fully saturated rings. The molecule has 1 saturated heterocycles. The number of hydrogen-bond donors (Lipinski definition) is 2. The lowest BCUT2D eigenvalue weighted by atomic mass is 9.91. The van der Waals surface area contributed by atoms with Crippen LogP contribution in [0.2, 0.25) is 0 Å². The number of rotatable bonds is 3. The maximum absolute atomic E-state index is 12.3. The van der Waals surface area contributed by atoms with Gasteiger partial charge in [-0.2, -0.15) is 0 Å². The highest BCUT2D eigenvalue weighted by Gasteiger charge is 2.32. The van der Waals surface area contributed by atoms with Crippen LogP contribution in [0.3, 0.4) is 0 Å². The van der Waals surface area contributed by atoms with E-state index in [0.29, 0.717) is 13.0 Å². The summed E-state index contributed by atoms with van der Waals surface area (Å²) in [5.41, 5.74) is 0.922. The van der Waals surface area contributed by atoms with Crippen LogP contribution in [0, 0.1) is 11.8 Å². The molecule has 0 spiro atoms. The molecule has 6 heteroatoms. The van der Waals surface area contributed by atoms with Crippen LogP contribution in [0.25, 0.3) is 0 Å². The first-order valence-electron chi connectivity index (χ1n) is 7.15. The Bertz CT molecular complexity index is 506. The zero-order chi connectivity index (χ0) is 15.4. The van der Waals surface area contributed by atoms with Crippen molar-refractivity contribution in [1.29, 1.82) is 0 Å². The van der Waals surface area contributed by atoms with Crippen molar-refractivity contribution in [2.24, 2.45) is 11.8 Å². The van der Waals surface area contributed by atoms with E-state index < -0.39 is 11.9 Å². The number of piperidine rings is 1. The Morgan fingerprint density at radius 3 is 2.86 bits per heavy atom. The number of carbonyl (C=O) groups excluding carboxylic acids is 1. The number of aliphatic carboxylic acids is 1. The lowest BCUT2D eigenvalue weighted by Crippen LogP contribution is -2.49. The molecule has 0 radical (unpaired) electrons. The summed E-state index contributed by atoms with van der Waals surface area (Å²) >= 11 is 0. The predicted octanol–water partition coefficient (Wildman–Crippen LogP) is 1.89. The molecule has 1 aromatic rings. The summed E-state index contributed by atoms with van der Waals surface area (Å²) in [7, 11) is 0. The van der Waals surface area contributed by atoms with Gasteiger partial charge in [0.05, 0.1) is 12.0 Å². The molecular weight excluding hydrogens is 270 g/mol. The lowest BCUT2D eigenvalue weighted by Gasteiger charge is -2.35. The number of pyridine rings is 1. The summed E-state index contributed by atoms with van der Waals surface area (Å²) in [4.78, 5) is 29.1. The molecule has 0 saturated carbocycles. The molecule has 21 heavy (non-hydrogen) atoms. The quantitative estimate of drug-likeness (QED) is 0.891. The summed E-state index contributed by atoms with van der Waals surface area (Å²) in [6.45, 7) is 4.72. The second kappa shape index (κ2) is 6.56. The summed E-state index contributed by atoms with van der Waals surface area (Å²) in [5, 5.41) is 12.0. The third-order valence-electron chi connectivity index (χ3n) is 3.82. The summed E-state index contributed by atoms with van der Waals surface area (Å²) in [6, 6.07) is 3.34. The average molecular weight is 291 g/mol. The number of nitrogens with one attached hydrogen (secondary N) is 1. The first-order chi connectivity index (χ1) is 9.97. The Morgan fingerprint density at radius 1 is 1.48 bits per heavy atom. The van der Waals surface area contributed by atoms with E-state index in [4.69, 9.17) is 5.11 Å². The number of carboxylic acid groups (broad SMARTS) is 1. The van der Waals surface area contributed by atoms with Crippen LogP contribution >= 0.6 is 0 Å². The van der Waals surface area contributed by atoms with Gasteiger partial charge in [-0.05, 0) is 30.9 Å². The smallest absolute Gasteiger partial charge is 0.317 e. The topological polar surface area (TPSA) is 82.5 Å². The third kappa shape index (κ3) is 3.93. The molecule has 3 atom stereocenters. The van der Waals surface area contributed by atoms with Crippen molar-refractivity contribution in [3.05, 3.63) is 30.1 Å². The van der Waals surface area contributed by atoms with Crippen LogP contribution in [-0.2, 0) is 4.79 Å². The second-order valence-corrected chi connectivity index (χ2v) is 5.74. The minimum atomic E-state index is -0.834. The highest BCUT2D eigenvalue weighted by molar-refractivity contribution is 5.77. The van der Waals surface area contributed by atoms with Crippen molar-refractivity contribution >= 4 is 12.0 Å². The fraction of sp³-hybridized carbons (Fsp3) is 0.533. The SMILES string of the molecule is CC1CC(C(=O)O)CN(C(=O)N[C@@H](C)c2cccnc2)C1. The van der Waals surface area contributed by atoms with Crippen molar-refractivity contribution in [3.8, 4) is 0 Å². The molecule has 2 rings (SSSR count). The van der Waals surface area contributed by atoms with Crippen molar-refractivity contribution in [3.63, 3.8) is 0 Å². The van der Waals surface area contributed by atoms with Gasteiger partial charge in [0, 0.05) is 25.5 Å². The predicted molar refractivity (Wildman–Crippen MR) is 77.7 cm³/mol. The maximum Gasteiger partial charge on any atom is 0.317 e. The molecule has 0 bridgehead atoms. The molecule has 2 heterocycles. The van der Waals surface area contributed by atoms with E-state index in [2.05, 4.69) is 10.3 Å². The first kappa shape index (κ1) is 15.3. The molecule has 1 aliphatic heterocycles. The monoisotopic (exact) mass is 291 g/mol. The number of carboxylic acids is 1. The van der Waals surface area contributed by atoms with Crippen molar-refractivity contribution in [1.82, 2.24) is 15.2 Å². The molecule has 2 N–H and O–H groups in total. The third-order valence-corrected chi connectivity index (χ3v) is 3.82. The Kier molecular flexibility index (Phi) is 4.77. The maximum atomic E-state index is 12.3. The second-order valence-electron chi connectivity index (χ2n) is 5.74. The van der Waals surface area contributed by atoms with Gasteiger partial charge in [-0.1, -0.05) is 13.0 Å². The Hall–Kier alpha value is -2.11. The number of hydrogen-bond acceptors (Lipinski definition) is 3. The number of nitrogens with zero attached hydrogens (tertiary/aromatic N) is 2. The highest BCUT2D eigenvalue weighted by atomic mass is 16.4. The van der Waals surface area contributed by atoms with Crippen molar-refractivity contribution in [2.45, 2.75) is 26.3 Å². The van der Waals surface area contributed by atoms with Crippen LogP contribution in [-0.4, -0.2) is 40.1 Å². The Morgan fingerprint density at radius 2 is 2.24 bits per heavy atom. The van der Waals surface area contributed by atoms with Crippen LogP contribution in [0.15, 0.2) is 24.5 Å². The van der Waals surface area contributed by atoms with Crippen LogP contribution < -0.4 is 5.32 Å². The van der Waals surface area contributed by atoms with E-state index in [1.54, 1.807) is 17.3 Å². The van der Waals surface area contributed by atoms with E-state index in [1.165, 1.54) is 0 Å². The fourth-order valence-electron chi connectivity index (χ4n) is 2.69. The van der Waals surface area contributed by atoms with Gasteiger partial charge < -0.3 is 15.3 Å². The van der Waals surface area contributed by atoms with Gasteiger partial charge in [0.25, 0.3) is 0 Å². The zero-order valence-corrected chi connectivity index (χ0v) is 12.3. The number of likely N-dealkylation sites (tertiary alicyclic amines) is 1. The summed E-state index contributed by atoms with van der Waals surface area (Å²) in [6.07, 6.45) is 4.02. The largest absolute Gasteiger partial charge is 0.481 e. The van der Waals surface area contributed by atoms with E-state index >= 15 is 0 Å². The minimum absolute atomic E-state index is 0.160. The zero-order valence-electron chi connectivity index (χ0n) is 12.3. The summed E-state index contributed by atoms with van der Waals surface area (Å²) < 4.78 is 0. The first-order valence-corrected chi connectivity index (χ1v) is 7.15. The van der Waals surface area contributed by atoms with Crippen molar-refractivity contribution < 1.29 is 14.7 Å². The van der Waals surface area contributed by atoms with Gasteiger partial charge in [0.2, 0.25) is 0 Å². The summed E-state index contributed by atoms with van der Waals surface area (Å²) in [5.74, 6) is -1.12. The normalized spacial score (nSPS) is 23.4. The highest BCUT2D eigenvalue weighted by Crippen LogP contribution is 2.22. The molecule has 114 valence electrons. The number of aromatic nitrogens is 1. The number of carbonyl (C=O) groups is 2. The lowest BCUT2D eigenvalue weighted by molar-refractivity contribution is -0.143. The molecule has 1 aromatic heterocycles. The van der Waals surface area contributed by atoms with Gasteiger partial charge >= 0.3 is 12.0 Å². The molecule has 1 aliphatic rings. The van der Waals surface area contributed by atoms with Crippen LogP contribution in [0.4, 0.5) is 4.79 Å². The van der Waals surface area contributed by atoms with Crippen LogP contribution in [0.1, 0.15) is 31.9 Å². The minimum Gasteiger partial charge on any atom is -0.481 e. The van der Waals surface area contributed by atoms with Crippen LogP contribution in [0.5, 0.6) is 0 Å². The van der Waals surface area contributed by atoms with E-state index in [1.807, 2.05) is 26.0 Å². The van der Waals surface area contributed by atoms with E-state index in [9.17, 15) is 9.59 Å². The molecular formula is C15H21N3O3. The van der Waals surface area contributed by atoms with Gasteiger partial charge in [-0.3, -0.25) is 9.78 Å². The van der Waals surface area contributed by atoms with Gasteiger partial charge in [-0.25, -0.2) is 4.79 Å². The Balaban J connectivity index is 1.98. The molecule has 6 nitrogen and oxygen atoms in total. The van der Waals surface area contributed by atoms with E-state index in [-0.39, 0.29) is 24.5 Å². The number of amides is 2. The Labute approximate surface area is 124 Å². The molecule has 0 aromatic carbocycles. The molecule has 2 amide bonds. The van der Waals surface area contributed by atoms with Gasteiger partial charge in [-0.15, -0.1) is 0 Å². The fourth-order valence-corrected chi connectivity index (χ4v) is 2.69. The average Bonchev–Trinajstić information content (AvgIpc) is 2.47. The van der Waals surface area contributed by atoms with Gasteiger partial charge in [0.1, 0.15) is 0 Å². The molecule has 2 unspecified atom stereocenters. The van der Waals surface area contributed by atoms with Crippen molar-refractivity contribution in [2.75, 3.05) is 13.1 Å². The number of urea groups is 1. The standard InChI is InChI=1S/C15H21N3O3/c1-10-6-13(14(19)20)9-18(8-10)15(21)17-11(2)12-4-3-5-16-7-12/h3-5,7,10-11,13H,6,8-9H2,1-2H3,(H,17,21)(H,19,20)/t10?,11-,13?/m0/s1. The van der Waals surface area contributed by atoms with E-state index in [0.717, 1.165) is 5.56 Å². The molecule has 0 aliphatic carbocycles.